The van der Waals surface area contributed by atoms with Crippen LogP contribution in [0.1, 0.15) is 15.9 Å². The lowest BCUT2D eigenvalue weighted by atomic mass is 10.1. The van der Waals surface area contributed by atoms with Crippen LogP contribution in [0.4, 0.5) is 15.8 Å². The van der Waals surface area contributed by atoms with E-state index < -0.39 is 17.7 Å². The molecule has 1 heterocycles. The fourth-order valence-electron chi connectivity index (χ4n) is 2.99. The molecule has 0 atom stereocenters. The van der Waals surface area contributed by atoms with E-state index in [4.69, 9.17) is 21.1 Å². The molecule has 0 aliphatic carbocycles. The molecule has 28 heavy (non-hydrogen) atoms. The average Bonchev–Trinajstić information content (AvgIpc) is 2.71. The van der Waals surface area contributed by atoms with Crippen molar-refractivity contribution in [3.05, 3.63) is 58.4 Å². The van der Waals surface area contributed by atoms with Gasteiger partial charge in [0.25, 0.3) is 0 Å². The quantitative estimate of drug-likeness (QED) is 0.772. The second-order valence-corrected chi connectivity index (χ2v) is 6.65. The highest BCUT2D eigenvalue weighted by Gasteiger charge is 2.19. The van der Waals surface area contributed by atoms with Gasteiger partial charge in [0.15, 0.2) is 0 Å². The molecule has 1 aliphatic rings. The Morgan fingerprint density at radius 3 is 2.68 bits per heavy atom. The summed E-state index contributed by atoms with van der Waals surface area (Å²) in [5.41, 5.74) is 1.45. The van der Waals surface area contributed by atoms with Gasteiger partial charge in [-0.3, -0.25) is 4.79 Å². The predicted octanol–water partition coefficient (Wildman–Crippen LogP) is 3.28. The summed E-state index contributed by atoms with van der Waals surface area (Å²) in [5, 5.41) is 2.82. The van der Waals surface area contributed by atoms with Crippen LogP contribution in [0.5, 0.6) is 0 Å². The van der Waals surface area contributed by atoms with E-state index in [9.17, 15) is 14.0 Å². The van der Waals surface area contributed by atoms with Crippen molar-refractivity contribution >= 4 is 34.9 Å². The minimum absolute atomic E-state index is 0.103. The number of morpholine rings is 1. The van der Waals surface area contributed by atoms with Gasteiger partial charge in [-0.15, -0.1) is 0 Å². The van der Waals surface area contributed by atoms with E-state index in [0.717, 1.165) is 5.69 Å². The minimum Gasteiger partial charge on any atom is -0.465 e. The highest BCUT2D eigenvalue weighted by molar-refractivity contribution is 6.31. The number of hydrogen-bond donors (Lipinski definition) is 1. The maximum atomic E-state index is 13.9. The van der Waals surface area contributed by atoms with Gasteiger partial charge >= 0.3 is 5.97 Å². The van der Waals surface area contributed by atoms with E-state index in [2.05, 4.69) is 10.2 Å². The van der Waals surface area contributed by atoms with E-state index in [1.807, 2.05) is 6.07 Å². The highest BCUT2D eigenvalue weighted by atomic mass is 35.5. The van der Waals surface area contributed by atoms with Crippen LogP contribution in [0.3, 0.4) is 0 Å². The Labute approximate surface area is 167 Å². The van der Waals surface area contributed by atoms with E-state index in [1.165, 1.54) is 25.3 Å². The summed E-state index contributed by atoms with van der Waals surface area (Å²) in [7, 11) is 1.27. The van der Waals surface area contributed by atoms with E-state index in [0.29, 0.717) is 32.0 Å². The van der Waals surface area contributed by atoms with Gasteiger partial charge in [-0.2, -0.15) is 0 Å². The van der Waals surface area contributed by atoms with Crippen LogP contribution in [-0.4, -0.2) is 45.3 Å². The first-order valence-electron chi connectivity index (χ1n) is 8.77. The molecule has 3 rings (SSSR count). The van der Waals surface area contributed by atoms with Crippen LogP contribution in [0.2, 0.25) is 5.02 Å². The lowest BCUT2D eigenvalue weighted by Gasteiger charge is -2.29. The molecule has 0 radical (unpaired) electrons. The molecule has 2 aromatic carbocycles. The number of anilines is 2. The first-order chi connectivity index (χ1) is 13.5. The zero-order valence-electron chi connectivity index (χ0n) is 15.3. The molecule has 148 valence electrons. The molecule has 0 unspecified atom stereocenters. The summed E-state index contributed by atoms with van der Waals surface area (Å²) in [5.74, 6) is -1.62. The second-order valence-electron chi connectivity index (χ2n) is 6.25. The molecule has 1 saturated heterocycles. The molecule has 1 fully saturated rings. The Hall–Kier alpha value is -2.64. The molecule has 1 aliphatic heterocycles. The summed E-state index contributed by atoms with van der Waals surface area (Å²) in [6.45, 7) is 2.63. The molecular formula is C20H20ClFN2O4. The number of nitrogens with one attached hydrogen (secondary N) is 1. The van der Waals surface area contributed by atoms with Crippen molar-refractivity contribution in [2.24, 2.45) is 0 Å². The maximum absolute atomic E-state index is 13.9. The van der Waals surface area contributed by atoms with Crippen LogP contribution < -0.4 is 10.2 Å². The van der Waals surface area contributed by atoms with Gasteiger partial charge in [0.2, 0.25) is 5.91 Å². The average molecular weight is 407 g/mol. The summed E-state index contributed by atoms with van der Waals surface area (Å²) in [4.78, 5) is 26.7. The monoisotopic (exact) mass is 406 g/mol. The Kier molecular flexibility index (Phi) is 6.49. The third-order valence-electron chi connectivity index (χ3n) is 4.46. The molecule has 1 N–H and O–H groups in total. The molecule has 1 amide bonds. The van der Waals surface area contributed by atoms with Crippen LogP contribution in [0, 0.1) is 5.82 Å². The Bertz CT molecular complexity index is 864. The van der Waals surface area contributed by atoms with Gasteiger partial charge < -0.3 is 19.7 Å². The topological polar surface area (TPSA) is 67.9 Å². The Balaban J connectivity index is 1.82. The van der Waals surface area contributed by atoms with Gasteiger partial charge in [0, 0.05) is 29.4 Å². The highest BCUT2D eigenvalue weighted by Crippen LogP contribution is 2.26. The standard InChI is InChI=1S/C20H20ClFN2O4/c1-27-20(26)15-11-13(24-7-9-28-10-8-24)5-6-18(15)23-19(25)12-14-16(21)3-2-4-17(14)22/h2-6,11H,7-10,12H2,1H3,(H,23,25). The lowest BCUT2D eigenvalue weighted by molar-refractivity contribution is -0.115. The molecule has 2 aromatic rings. The third kappa shape index (κ3) is 4.61. The van der Waals surface area contributed by atoms with Gasteiger partial charge in [-0.25, -0.2) is 9.18 Å². The second kappa shape index (κ2) is 9.03. The van der Waals surface area contributed by atoms with Crippen molar-refractivity contribution in [1.82, 2.24) is 0 Å². The maximum Gasteiger partial charge on any atom is 0.340 e. The summed E-state index contributed by atoms with van der Waals surface area (Å²) in [6, 6.07) is 9.35. The number of benzene rings is 2. The van der Waals surface area contributed by atoms with E-state index in [-0.39, 0.29) is 22.6 Å². The first kappa shape index (κ1) is 20.1. The molecular weight excluding hydrogens is 387 g/mol. The summed E-state index contributed by atoms with van der Waals surface area (Å²) in [6.07, 6.45) is -0.253. The lowest BCUT2D eigenvalue weighted by Crippen LogP contribution is -2.36. The third-order valence-corrected chi connectivity index (χ3v) is 4.81. The van der Waals surface area contributed by atoms with Crippen molar-refractivity contribution < 1.29 is 23.5 Å². The Morgan fingerprint density at radius 2 is 2.00 bits per heavy atom. The summed E-state index contributed by atoms with van der Waals surface area (Å²) < 4.78 is 24.1. The largest absolute Gasteiger partial charge is 0.465 e. The van der Waals surface area contributed by atoms with Crippen molar-refractivity contribution in [2.75, 3.05) is 43.6 Å². The number of halogens is 2. The van der Waals surface area contributed by atoms with E-state index in [1.54, 1.807) is 12.1 Å². The number of methoxy groups -OCH3 is 1. The van der Waals surface area contributed by atoms with Crippen molar-refractivity contribution in [2.45, 2.75) is 6.42 Å². The smallest absolute Gasteiger partial charge is 0.340 e. The normalized spacial score (nSPS) is 13.9. The molecule has 6 nitrogen and oxygen atoms in total. The predicted molar refractivity (Wildman–Crippen MR) is 105 cm³/mol. The van der Waals surface area contributed by atoms with Crippen molar-refractivity contribution in [3.8, 4) is 0 Å². The number of amides is 1. The number of hydrogen-bond acceptors (Lipinski definition) is 5. The van der Waals surface area contributed by atoms with Gasteiger partial charge in [0.1, 0.15) is 5.82 Å². The number of esters is 1. The Morgan fingerprint density at radius 1 is 1.25 bits per heavy atom. The van der Waals surface area contributed by atoms with Crippen LogP contribution in [0.25, 0.3) is 0 Å². The number of carbonyl (C=O) groups is 2. The zero-order valence-corrected chi connectivity index (χ0v) is 16.1. The fraction of sp³-hybridized carbons (Fsp3) is 0.300. The fourth-order valence-corrected chi connectivity index (χ4v) is 3.22. The van der Waals surface area contributed by atoms with Gasteiger partial charge in [0.05, 0.1) is 38.0 Å². The zero-order chi connectivity index (χ0) is 20.1. The number of carbonyl (C=O) groups excluding carboxylic acids is 2. The molecule has 0 saturated carbocycles. The molecule has 0 spiro atoms. The van der Waals surface area contributed by atoms with Crippen LogP contribution in [-0.2, 0) is 20.7 Å². The van der Waals surface area contributed by atoms with Crippen LogP contribution >= 0.6 is 11.6 Å². The molecule has 8 heteroatoms. The van der Waals surface area contributed by atoms with Gasteiger partial charge in [-0.1, -0.05) is 17.7 Å². The first-order valence-corrected chi connectivity index (χ1v) is 9.15. The molecule has 0 aromatic heterocycles. The van der Waals surface area contributed by atoms with Crippen LogP contribution in [0.15, 0.2) is 36.4 Å². The van der Waals surface area contributed by atoms with Crippen molar-refractivity contribution in [3.63, 3.8) is 0 Å². The van der Waals surface area contributed by atoms with E-state index >= 15 is 0 Å². The number of rotatable bonds is 5. The molecule has 0 bridgehead atoms. The summed E-state index contributed by atoms with van der Waals surface area (Å²) >= 11 is 5.98. The van der Waals surface area contributed by atoms with Crippen molar-refractivity contribution in [1.29, 1.82) is 0 Å². The SMILES string of the molecule is COC(=O)c1cc(N2CCOCC2)ccc1NC(=O)Cc1c(F)cccc1Cl. The number of nitrogens with zero attached hydrogens (tertiary/aromatic N) is 1. The van der Waals surface area contributed by atoms with Gasteiger partial charge in [-0.05, 0) is 30.3 Å². The minimum atomic E-state index is -0.575. The number of ether oxygens (including phenoxy) is 2.